The highest BCUT2D eigenvalue weighted by Crippen LogP contribution is 2.26. The predicted molar refractivity (Wildman–Crippen MR) is 85.2 cm³/mol. The Morgan fingerprint density at radius 2 is 1.95 bits per heavy atom. The van der Waals surface area contributed by atoms with E-state index in [0.717, 1.165) is 0 Å². The summed E-state index contributed by atoms with van der Waals surface area (Å²) in [5.74, 6) is 0.0538. The molecule has 0 unspecified atom stereocenters. The van der Waals surface area contributed by atoms with E-state index in [0.29, 0.717) is 15.8 Å². The Hall–Kier alpha value is -1.76. The fraction of sp³-hybridized carbons (Fsp3) is 0.467. The first-order valence-electron chi connectivity index (χ1n) is 6.70. The van der Waals surface area contributed by atoms with E-state index in [1.165, 1.54) is 7.11 Å². The zero-order chi connectivity index (χ0) is 16.8. The summed E-state index contributed by atoms with van der Waals surface area (Å²) >= 11 is 3.33. The van der Waals surface area contributed by atoms with Gasteiger partial charge in [-0.3, -0.25) is 0 Å². The van der Waals surface area contributed by atoms with Crippen LogP contribution in [-0.2, 0) is 9.47 Å². The van der Waals surface area contributed by atoms with Gasteiger partial charge in [0.2, 0.25) is 0 Å². The van der Waals surface area contributed by atoms with Crippen LogP contribution >= 0.6 is 15.9 Å². The number of ether oxygens (including phenoxy) is 3. The van der Waals surface area contributed by atoms with Crippen LogP contribution in [0.5, 0.6) is 5.75 Å². The van der Waals surface area contributed by atoms with Gasteiger partial charge in [-0.2, -0.15) is 0 Å². The summed E-state index contributed by atoms with van der Waals surface area (Å²) in [6.45, 7) is 5.89. The van der Waals surface area contributed by atoms with Crippen LogP contribution in [0, 0.1) is 0 Å². The minimum atomic E-state index is -0.539. The quantitative estimate of drug-likeness (QED) is 0.633. The number of benzene rings is 1. The molecule has 122 valence electrons. The number of amides is 1. The van der Waals surface area contributed by atoms with Crippen molar-refractivity contribution in [2.75, 3.05) is 20.3 Å². The van der Waals surface area contributed by atoms with Gasteiger partial charge in [0, 0.05) is 0 Å². The molecule has 6 nitrogen and oxygen atoms in total. The van der Waals surface area contributed by atoms with Crippen LogP contribution in [0.4, 0.5) is 4.79 Å². The second kappa shape index (κ2) is 8.03. The zero-order valence-electron chi connectivity index (χ0n) is 13.1. The van der Waals surface area contributed by atoms with Crippen LogP contribution in [0.25, 0.3) is 0 Å². The van der Waals surface area contributed by atoms with Crippen LogP contribution < -0.4 is 10.1 Å². The molecule has 0 saturated carbocycles. The Kier molecular flexibility index (Phi) is 6.67. The first-order valence-corrected chi connectivity index (χ1v) is 7.50. The second-order valence-corrected chi connectivity index (χ2v) is 6.27. The van der Waals surface area contributed by atoms with Crippen molar-refractivity contribution in [1.82, 2.24) is 5.32 Å². The van der Waals surface area contributed by atoms with Gasteiger partial charge in [0.15, 0.2) is 0 Å². The summed E-state index contributed by atoms with van der Waals surface area (Å²) in [6.07, 6.45) is -0.501. The van der Waals surface area contributed by atoms with Gasteiger partial charge in [-0.05, 0) is 54.9 Å². The molecule has 0 aliphatic carbocycles. The highest BCUT2D eigenvalue weighted by atomic mass is 79.9. The predicted octanol–water partition coefficient (Wildman–Crippen LogP) is 3.14. The van der Waals surface area contributed by atoms with Crippen molar-refractivity contribution in [2.45, 2.75) is 26.4 Å². The van der Waals surface area contributed by atoms with Crippen LogP contribution in [-0.4, -0.2) is 37.9 Å². The van der Waals surface area contributed by atoms with Crippen molar-refractivity contribution >= 4 is 28.0 Å². The second-order valence-electron chi connectivity index (χ2n) is 5.41. The van der Waals surface area contributed by atoms with Gasteiger partial charge in [0.25, 0.3) is 0 Å². The standard InChI is InChI=1S/C15H20BrNO5/c1-15(2,3)22-14(19)17-7-8-21-12-9-10(13(18)20-4)5-6-11(12)16/h5-6,9H,7-8H2,1-4H3,(H,17,19). The normalized spacial score (nSPS) is 10.8. The van der Waals surface area contributed by atoms with Crippen molar-refractivity contribution in [3.8, 4) is 5.75 Å². The molecular weight excluding hydrogens is 354 g/mol. The molecule has 0 saturated heterocycles. The van der Waals surface area contributed by atoms with E-state index >= 15 is 0 Å². The van der Waals surface area contributed by atoms with Crippen LogP contribution in [0.2, 0.25) is 0 Å². The molecule has 22 heavy (non-hydrogen) atoms. The summed E-state index contributed by atoms with van der Waals surface area (Å²) in [7, 11) is 1.32. The van der Waals surface area contributed by atoms with Crippen LogP contribution in [0.1, 0.15) is 31.1 Å². The maximum atomic E-state index is 11.5. The van der Waals surface area contributed by atoms with E-state index in [-0.39, 0.29) is 13.2 Å². The molecule has 0 radical (unpaired) electrons. The minimum Gasteiger partial charge on any atom is -0.491 e. The number of carbonyl (C=O) groups excluding carboxylic acids is 2. The van der Waals surface area contributed by atoms with E-state index < -0.39 is 17.7 Å². The Morgan fingerprint density at radius 1 is 1.27 bits per heavy atom. The Bertz CT molecular complexity index is 539. The third-order valence-corrected chi connectivity index (χ3v) is 3.04. The third kappa shape index (κ3) is 6.34. The lowest BCUT2D eigenvalue weighted by atomic mass is 10.2. The molecule has 1 aromatic rings. The first kappa shape index (κ1) is 18.3. The van der Waals surface area contributed by atoms with Gasteiger partial charge < -0.3 is 19.5 Å². The van der Waals surface area contributed by atoms with Gasteiger partial charge in [0.05, 0.1) is 23.7 Å². The molecule has 0 fully saturated rings. The number of nitrogens with one attached hydrogen (secondary N) is 1. The molecule has 0 spiro atoms. The first-order chi connectivity index (χ1) is 10.2. The maximum Gasteiger partial charge on any atom is 0.407 e. The fourth-order valence-electron chi connectivity index (χ4n) is 1.49. The molecule has 7 heteroatoms. The molecule has 0 aliphatic rings. The SMILES string of the molecule is COC(=O)c1ccc(Br)c(OCCNC(=O)OC(C)(C)C)c1. The maximum absolute atomic E-state index is 11.5. The van der Waals surface area contributed by atoms with Gasteiger partial charge in [-0.25, -0.2) is 9.59 Å². The van der Waals surface area contributed by atoms with Crippen molar-refractivity contribution in [3.05, 3.63) is 28.2 Å². The Balaban J connectivity index is 2.48. The van der Waals surface area contributed by atoms with E-state index in [9.17, 15) is 9.59 Å². The molecule has 0 aliphatic heterocycles. The number of carbonyl (C=O) groups is 2. The van der Waals surface area contributed by atoms with Gasteiger partial charge in [-0.15, -0.1) is 0 Å². The number of hydrogen-bond donors (Lipinski definition) is 1. The number of rotatable bonds is 5. The van der Waals surface area contributed by atoms with Crippen LogP contribution in [0.3, 0.4) is 0 Å². The molecule has 1 aromatic carbocycles. The summed E-state index contributed by atoms with van der Waals surface area (Å²) in [4.78, 5) is 22.9. The smallest absolute Gasteiger partial charge is 0.407 e. The van der Waals surface area contributed by atoms with Gasteiger partial charge >= 0.3 is 12.1 Å². The number of esters is 1. The van der Waals surface area contributed by atoms with Gasteiger partial charge in [0.1, 0.15) is 18.0 Å². The summed E-state index contributed by atoms with van der Waals surface area (Å²) < 4.78 is 16.0. The van der Waals surface area contributed by atoms with Crippen molar-refractivity contribution in [3.63, 3.8) is 0 Å². The summed E-state index contributed by atoms with van der Waals surface area (Å²) in [5, 5.41) is 2.58. The molecular formula is C15H20BrNO5. The number of alkyl carbamates (subject to hydrolysis) is 1. The largest absolute Gasteiger partial charge is 0.491 e. The number of hydrogen-bond acceptors (Lipinski definition) is 5. The molecule has 0 bridgehead atoms. The topological polar surface area (TPSA) is 73.9 Å². The molecule has 0 aromatic heterocycles. The summed E-state index contributed by atoms with van der Waals surface area (Å²) in [5.41, 5.74) is -0.149. The van der Waals surface area contributed by atoms with E-state index in [1.807, 2.05) is 0 Å². The molecule has 0 heterocycles. The molecule has 1 rings (SSSR count). The summed E-state index contributed by atoms with van der Waals surface area (Å²) in [6, 6.07) is 4.90. The molecule has 0 atom stereocenters. The van der Waals surface area contributed by atoms with Crippen molar-refractivity contribution in [1.29, 1.82) is 0 Å². The lowest BCUT2D eigenvalue weighted by molar-refractivity contribution is 0.0519. The highest BCUT2D eigenvalue weighted by Gasteiger charge is 2.15. The zero-order valence-corrected chi connectivity index (χ0v) is 14.7. The third-order valence-electron chi connectivity index (χ3n) is 2.38. The molecule has 1 N–H and O–H groups in total. The lowest BCUT2D eigenvalue weighted by Gasteiger charge is -2.19. The van der Waals surface area contributed by atoms with Crippen molar-refractivity contribution in [2.24, 2.45) is 0 Å². The van der Waals surface area contributed by atoms with Gasteiger partial charge in [-0.1, -0.05) is 0 Å². The minimum absolute atomic E-state index is 0.239. The monoisotopic (exact) mass is 373 g/mol. The lowest BCUT2D eigenvalue weighted by Crippen LogP contribution is -2.34. The van der Waals surface area contributed by atoms with Crippen LogP contribution in [0.15, 0.2) is 22.7 Å². The number of halogens is 1. The fourth-order valence-corrected chi connectivity index (χ4v) is 1.85. The Morgan fingerprint density at radius 3 is 2.55 bits per heavy atom. The molecule has 1 amide bonds. The highest BCUT2D eigenvalue weighted by molar-refractivity contribution is 9.10. The Labute approximate surface area is 138 Å². The van der Waals surface area contributed by atoms with E-state index in [4.69, 9.17) is 9.47 Å². The van der Waals surface area contributed by atoms with E-state index in [2.05, 4.69) is 26.0 Å². The van der Waals surface area contributed by atoms with Crippen molar-refractivity contribution < 1.29 is 23.8 Å². The van der Waals surface area contributed by atoms with E-state index in [1.54, 1.807) is 39.0 Å². The average molecular weight is 374 g/mol. The number of methoxy groups -OCH3 is 1. The average Bonchev–Trinajstić information content (AvgIpc) is 2.42.